The van der Waals surface area contributed by atoms with E-state index in [4.69, 9.17) is 0 Å². The van der Waals surface area contributed by atoms with Crippen molar-refractivity contribution in [3.8, 4) is 0 Å². The van der Waals surface area contributed by atoms with Crippen LogP contribution in [0.2, 0.25) is 0 Å². The summed E-state index contributed by atoms with van der Waals surface area (Å²) >= 11 is 0. The fourth-order valence-corrected chi connectivity index (χ4v) is 1.10. The monoisotopic (exact) mass is 522 g/mol. The molecular weight excluding hydrogens is 510 g/mol. The Morgan fingerprint density at radius 3 is 1.24 bits per heavy atom. The van der Waals surface area contributed by atoms with Crippen molar-refractivity contribution in [2.45, 2.75) is 43.0 Å². The Hall–Kier alpha value is -2.56. The molecule has 0 radical (unpaired) electrons. The predicted molar refractivity (Wildman–Crippen MR) is 78.8 cm³/mol. The van der Waals surface area contributed by atoms with Gasteiger partial charge in [0, 0.05) is 11.6 Å². The highest BCUT2D eigenvalue weighted by molar-refractivity contribution is 5.86. The first-order valence-corrected chi connectivity index (χ1v) is 7.55. The van der Waals surface area contributed by atoms with Crippen molar-refractivity contribution in [3.63, 3.8) is 0 Å². The zero-order valence-electron chi connectivity index (χ0n) is 15.8. The van der Waals surface area contributed by atoms with Gasteiger partial charge >= 0.3 is 48.0 Å². The fourth-order valence-electron chi connectivity index (χ4n) is 1.10. The first-order chi connectivity index (χ1) is 14.3. The van der Waals surface area contributed by atoms with Crippen LogP contribution in [-0.4, -0.2) is 61.2 Å². The average molecular weight is 522 g/mol. The molecule has 4 nitrogen and oxygen atoms in total. The molecule has 0 rings (SSSR count). The summed E-state index contributed by atoms with van der Waals surface area (Å²) in [6.45, 7) is 1.93. The van der Waals surface area contributed by atoms with Crippen LogP contribution >= 0.6 is 0 Å². The van der Waals surface area contributed by atoms with Crippen LogP contribution in [-0.2, 0) is 19.1 Å². The van der Waals surface area contributed by atoms with Crippen LogP contribution in [0.15, 0.2) is 24.8 Å². The van der Waals surface area contributed by atoms with Crippen LogP contribution in [0.25, 0.3) is 0 Å². The fraction of sp³-hybridized carbons (Fsp3) is 0.600. The first kappa shape index (κ1) is 32.6. The summed E-state index contributed by atoms with van der Waals surface area (Å²) in [6, 6.07) is 0. The summed E-state index contributed by atoms with van der Waals surface area (Å²) in [7, 11) is 0. The molecule has 0 atom stereocenters. The normalized spacial score (nSPS) is 13.4. The Labute approximate surface area is 174 Å². The first-order valence-electron chi connectivity index (χ1n) is 7.55. The highest BCUT2D eigenvalue weighted by atomic mass is 19.4. The van der Waals surface area contributed by atoms with Crippen LogP contribution in [0.4, 0.5) is 61.5 Å². The van der Waals surface area contributed by atoms with E-state index in [1.807, 2.05) is 0 Å². The van der Waals surface area contributed by atoms with E-state index in [1.165, 1.54) is 0 Å². The van der Waals surface area contributed by atoms with Crippen molar-refractivity contribution in [1.82, 2.24) is 0 Å². The lowest BCUT2D eigenvalue weighted by atomic mass is 10.2. The van der Waals surface area contributed by atoms with Crippen molar-refractivity contribution in [2.24, 2.45) is 0 Å². The number of esters is 2. The van der Waals surface area contributed by atoms with Gasteiger partial charge in [0.2, 0.25) is 0 Å². The summed E-state index contributed by atoms with van der Waals surface area (Å²) in [6.07, 6.45) is -12.5. The summed E-state index contributed by atoms with van der Waals surface area (Å²) in [4.78, 5) is 20.8. The van der Waals surface area contributed by atoms with Crippen LogP contribution in [0, 0.1) is 0 Å². The van der Waals surface area contributed by atoms with Gasteiger partial charge in [-0.05, 0) is 6.92 Å². The lowest BCUT2D eigenvalue weighted by Gasteiger charge is -2.27. The summed E-state index contributed by atoms with van der Waals surface area (Å²) < 4.78 is 175. The maximum Gasteiger partial charge on any atom is 0.460 e. The van der Waals surface area contributed by atoms with E-state index in [2.05, 4.69) is 22.6 Å². The van der Waals surface area contributed by atoms with Crippen molar-refractivity contribution in [3.05, 3.63) is 24.8 Å². The number of rotatable bonds is 8. The van der Waals surface area contributed by atoms with Crippen molar-refractivity contribution in [2.75, 3.05) is 13.2 Å². The SMILES string of the molecule is C=C(C)C(=O)OCC(F)(F)C(F)(F)C(F)(F)F.C=CC(=O)OCC(F)(F)C(F)(F)C(F)(F)F. The smallest absolute Gasteiger partial charge is 0.456 e. The van der Waals surface area contributed by atoms with Gasteiger partial charge in [-0.15, -0.1) is 0 Å². The van der Waals surface area contributed by atoms with Crippen LogP contribution in [0.1, 0.15) is 6.92 Å². The van der Waals surface area contributed by atoms with Gasteiger partial charge in [-0.2, -0.15) is 61.5 Å². The predicted octanol–water partition coefficient (Wildman–Crippen LogP) is 5.49. The van der Waals surface area contributed by atoms with E-state index in [0.29, 0.717) is 6.08 Å². The quantitative estimate of drug-likeness (QED) is 0.241. The molecule has 0 aromatic heterocycles. The number of carbonyl (C=O) groups is 2. The van der Waals surface area contributed by atoms with E-state index in [0.717, 1.165) is 6.92 Å². The molecular formula is C15H12F14O4. The highest BCUT2D eigenvalue weighted by Crippen LogP contribution is 2.47. The lowest BCUT2D eigenvalue weighted by molar-refractivity contribution is -0.359. The Balaban J connectivity index is 0. The molecule has 0 saturated heterocycles. The third-order valence-corrected chi connectivity index (χ3v) is 2.93. The molecule has 0 aromatic rings. The third-order valence-electron chi connectivity index (χ3n) is 2.93. The summed E-state index contributed by atoms with van der Waals surface area (Å²) in [5.41, 5.74) is -0.406. The summed E-state index contributed by atoms with van der Waals surface area (Å²) in [5.74, 6) is -26.7. The molecule has 194 valence electrons. The zero-order valence-corrected chi connectivity index (χ0v) is 15.8. The van der Waals surface area contributed by atoms with E-state index >= 15 is 0 Å². The second-order valence-corrected chi connectivity index (χ2v) is 5.72. The number of halogens is 14. The Kier molecular flexibility index (Phi) is 10.5. The molecule has 0 spiro atoms. The minimum atomic E-state index is -6.44. The van der Waals surface area contributed by atoms with Gasteiger partial charge < -0.3 is 9.47 Å². The molecule has 0 aliphatic carbocycles. The topological polar surface area (TPSA) is 52.6 Å². The lowest BCUT2D eigenvalue weighted by Crippen LogP contribution is -2.54. The van der Waals surface area contributed by atoms with Gasteiger partial charge in [0.05, 0.1) is 0 Å². The molecule has 33 heavy (non-hydrogen) atoms. The van der Waals surface area contributed by atoms with E-state index in [9.17, 15) is 71.1 Å². The Bertz CT molecular complexity index is 721. The van der Waals surface area contributed by atoms with Crippen LogP contribution in [0.5, 0.6) is 0 Å². The molecule has 0 bridgehead atoms. The van der Waals surface area contributed by atoms with E-state index in [1.54, 1.807) is 0 Å². The zero-order chi connectivity index (χ0) is 27.3. The third kappa shape index (κ3) is 8.38. The van der Waals surface area contributed by atoms with Gasteiger partial charge in [0.1, 0.15) is 0 Å². The van der Waals surface area contributed by atoms with Gasteiger partial charge in [0.25, 0.3) is 0 Å². The molecule has 0 heterocycles. The maximum absolute atomic E-state index is 12.5. The van der Waals surface area contributed by atoms with Crippen molar-refractivity contribution >= 4 is 11.9 Å². The number of hydrogen-bond acceptors (Lipinski definition) is 4. The molecule has 0 N–H and O–H groups in total. The molecule has 0 fully saturated rings. The van der Waals surface area contributed by atoms with Crippen molar-refractivity contribution in [1.29, 1.82) is 0 Å². The molecule has 18 heteroatoms. The van der Waals surface area contributed by atoms with E-state index < -0.39 is 66.8 Å². The Morgan fingerprint density at radius 1 is 0.697 bits per heavy atom. The van der Waals surface area contributed by atoms with Gasteiger partial charge in [0.15, 0.2) is 13.2 Å². The second-order valence-electron chi connectivity index (χ2n) is 5.72. The molecule has 0 unspecified atom stereocenters. The number of ether oxygens (including phenoxy) is 2. The van der Waals surface area contributed by atoms with E-state index in [-0.39, 0.29) is 0 Å². The standard InChI is InChI=1S/C8H7F7O2.C7H5F7O2/c1-4(2)5(16)17-3-6(9,10)7(11,12)8(13,14)15;1-2-4(15)16-3-5(8,9)6(10,11)7(12,13)14/h1,3H2,2H3;2H,1,3H2. The van der Waals surface area contributed by atoms with Gasteiger partial charge in [-0.3, -0.25) is 0 Å². The number of hydrogen-bond donors (Lipinski definition) is 0. The average Bonchev–Trinajstić information content (AvgIpc) is 2.62. The molecule has 0 saturated carbocycles. The molecule has 0 aromatic carbocycles. The molecule has 0 aliphatic rings. The minimum absolute atomic E-state index is 0.349. The summed E-state index contributed by atoms with van der Waals surface area (Å²) in [5, 5.41) is 0. The van der Waals surface area contributed by atoms with Crippen LogP contribution in [0.3, 0.4) is 0 Å². The van der Waals surface area contributed by atoms with Crippen molar-refractivity contribution < 1.29 is 80.5 Å². The number of carbonyl (C=O) groups excluding carboxylic acids is 2. The maximum atomic E-state index is 12.5. The second kappa shape index (κ2) is 10.6. The molecule has 0 aliphatic heterocycles. The van der Waals surface area contributed by atoms with Crippen LogP contribution < -0.4 is 0 Å². The highest BCUT2D eigenvalue weighted by Gasteiger charge is 2.74. The number of alkyl halides is 14. The minimum Gasteiger partial charge on any atom is -0.456 e. The Morgan fingerprint density at radius 2 is 1.00 bits per heavy atom. The largest absolute Gasteiger partial charge is 0.460 e. The van der Waals surface area contributed by atoms with Gasteiger partial charge in [-0.1, -0.05) is 13.2 Å². The van der Waals surface area contributed by atoms with Gasteiger partial charge in [-0.25, -0.2) is 9.59 Å². The molecule has 0 amide bonds.